The molecule has 1 aliphatic rings. The summed E-state index contributed by atoms with van der Waals surface area (Å²) >= 11 is 7.50. The Bertz CT molecular complexity index is 1170. The molecule has 0 unspecified atom stereocenters. The fourth-order valence-corrected chi connectivity index (χ4v) is 4.36. The van der Waals surface area contributed by atoms with Crippen LogP contribution in [0.1, 0.15) is 10.6 Å². The van der Waals surface area contributed by atoms with Crippen molar-refractivity contribution in [2.75, 3.05) is 31.1 Å². The summed E-state index contributed by atoms with van der Waals surface area (Å²) in [5.74, 6) is 1.60. The highest BCUT2D eigenvalue weighted by Gasteiger charge is 2.27. The number of carbonyl (C=O) groups is 1. The zero-order chi connectivity index (χ0) is 21.2. The van der Waals surface area contributed by atoms with Crippen LogP contribution in [0.3, 0.4) is 0 Å². The number of halogens is 1. The number of anilines is 1. The van der Waals surface area contributed by atoms with Crippen LogP contribution in [0.25, 0.3) is 16.4 Å². The molecule has 0 N–H and O–H groups in total. The van der Waals surface area contributed by atoms with Crippen LogP contribution < -0.4 is 4.90 Å². The molecule has 1 fully saturated rings. The van der Waals surface area contributed by atoms with Gasteiger partial charge in [-0.25, -0.2) is 14.6 Å². The van der Waals surface area contributed by atoms with Crippen molar-refractivity contribution in [2.24, 2.45) is 0 Å². The van der Waals surface area contributed by atoms with Gasteiger partial charge in [0.25, 0.3) is 5.91 Å². The number of piperazine rings is 1. The number of benzene rings is 1. The molecule has 1 aromatic carbocycles. The number of thiophene rings is 1. The summed E-state index contributed by atoms with van der Waals surface area (Å²) in [6, 6.07) is 17.4. The number of amides is 1. The van der Waals surface area contributed by atoms with Crippen LogP contribution in [0.5, 0.6) is 0 Å². The number of para-hydroxylation sites is 1. The Morgan fingerprint density at radius 2 is 1.77 bits per heavy atom. The number of aromatic nitrogens is 4. The van der Waals surface area contributed by atoms with Crippen molar-refractivity contribution in [2.45, 2.75) is 0 Å². The molecule has 0 radical (unpaired) electrons. The Kier molecular flexibility index (Phi) is 5.40. The lowest BCUT2D eigenvalue weighted by Crippen LogP contribution is -2.49. The molecular weight excluding hydrogens is 432 g/mol. The van der Waals surface area contributed by atoms with Crippen LogP contribution >= 0.6 is 22.9 Å². The zero-order valence-electron chi connectivity index (χ0n) is 16.6. The Balaban J connectivity index is 1.37. The van der Waals surface area contributed by atoms with Crippen LogP contribution in [0.15, 0.2) is 66.2 Å². The molecule has 0 atom stereocenters. The van der Waals surface area contributed by atoms with Crippen molar-refractivity contribution in [3.05, 3.63) is 77.0 Å². The first kappa shape index (κ1) is 19.7. The second kappa shape index (κ2) is 8.49. The molecule has 1 saturated heterocycles. The normalized spacial score (nSPS) is 14.1. The first-order valence-electron chi connectivity index (χ1n) is 9.91. The number of carbonyl (C=O) groups excluding carboxylic acids is 1. The molecule has 0 spiro atoms. The third kappa shape index (κ3) is 4.04. The lowest BCUT2D eigenvalue weighted by Gasteiger charge is -2.34. The molecule has 4 heterocycles. The smallest absolute Gasteiger partial charge is 0.293 e. The molecule has 1 aliphatic heterocycles. The second-order valence-corrected chi connectivity index (χ2v) is 8.48. The highest BCUT2D eigenvalue weighted by molar-refractivity contribution is 7.13. The Morgan fingerprint density at radius 1 is 0.968 bits per heavy atom. The van der Waals surface area contributed by atoms with Crippen molar-refractivity contribution >= 4 is 34.7 Å². The summed E-state index contributed by atoms with van der Waals surface area (Å²) in [4.78, 5) is 27.1. The minimum Gasteiger partial charge on any atom is -0.353 e. The Morgan fingerprint density at radius 3 is 2.45 bits per heavy atom. The average Bonchev–Trinajstić information content (AvgIpc) is 3.50. The summed E-state index contributed by atoms with van der Waals surface area (Å²) in [6.07, 6.45) is 1.64. The first-order valence-corrected chi connectivity index (χ1v) is 11.2. The van der Waals surface area contributed by atoms with Crippen LogP contribution in [0.2, 0.25) is 5.02 Å². The molecule has 0 bridgehead atoms. The van der Waals surface area contributed by atoms with Gasteiger partial charge in [-0.15, -0.1) is 16.4 Å². The minimum absolute atomic E-state index is 0.156. The average molecular weight is 451 g/mol. The maximum atomic E-state index is 13.2. The molecule has 9 heteroatoms. The van der Waals surface area contributed by atoms with Crippen molar-refractivity contribution in [1.29, 1.82) is 0 Å². The molecule has 7 nitrogen and oxygen atoms in total. The van der Waals surface area contributed by atoms with Gasteiger partial charge in [-0.1, -0.05) is 35.9 Å². The summed E-state index contributed by atoms with van der Waals surface area (Å²) in [5, 5.41) is 7.18. The van der Waals surface area contributed by atoms with E-state index in [0.29, 0.717) is 37.0 Å². The maximum absolute atomic E-state index is 13.2. The Labute approximate surface area is 188 Å². The highest BCUT2D eigenvalue weighted by Crippen LogP contribution is 2.26. The van der Waals surface area contributed by atoms with Gasteiger partial charge < -0.3 is 9.80 Å². The van der Waals surface area contributed by atoms with Crippen molar-refractivity contribution in [3.8, 4) is 16.4 Å². The summed E-state index contributed by atoms with van der Waals surface area (Å²) < 4.78 is 1.74. The number of rotatable bonds is 4. The molecule has 5 rings (SSSR count). The number of hydrogen-bond donors (Lipinski definition) is 0. The van der Waals surface area contributed by atoms with E-state index in [1.54, 1.807) is 27.1 Å². The van der Waals surface area contributed by atoms with E-state index in [4.69, 9.17) is 11.6 Å². The topological polar surface area (TPSA) is 67.2 Å². The van der Waals surface area contributed by atoms with Gasteiger partial charge in [-0.2, -0.15) is 0 Å². The molecule has 0 aliphatic carbocycles. The van der Waals surface area contributed by atoms with Crippen molar-refractivity contribution < 1.29 is 4.79 Å². The van der Waals surface area contributed by atoms with Gasteiger partial charge in [-0.05, 0) is 35.7 Å². The third-order valence-electron chi connectivity index (χ3n) is 5.14. The predicted octanol–water partition coefficient (Wildman–Crippen LogP) is 4.01. The summed E-state index contributed by atoms with van der Waals surface area (Å²) in [7, 11) is 0. The van der Waals surface area contributed by atoms with Gasteiger partial charge in [0.2, 0.25) is 5.82 Å². The van der Waals surface area contributed by atoms with E-state index >= 15 is 0 Å². The van der Waals surface area contributed by atoms with E-state index in [9.17, 15) is 4.79 Å². The van der Waals surface area contributed by atoms with Gasteiger partial charge >= 0.3 is 0 Å². The molecule has 1 amide bonds. The highest BCUT2D eigenvalue weighted by atomic mass is 35.5. The SMILES string of the molecule is O=C(c1nc(-c2cccs2)n(-c2ccccc2)n1)N1CCN(c2ccc(Cl)cn2)CC1. The minimum atomic E-state index is -0.156. The van der Waals surface area contributed by atoms with Gasteiger partial charge in [-0.3, -0.25) is 4.79 Å². The number of nitrogens with zero attached hydrogens (tertiary/aromatic N) is 6. The second-order valence-electron chi connectivity index (χ2n) is 7.10. The van der Waals surface area contributed by atoms with E-state index in [2.05, 4.69) is 20.0 Å². The van der Waals surface area contributed by atoms with Gasteiger partial charge in [0.15, 0.2) is 5.82 Å². The summed E-state index contributed by atoms with van der Waals surface area (Å²) in [6.45, 7) is 2.55. The fourth-order valence-electron chi connectivity index (χ4n) is 3.55. The summed E-state index contributed by atoms with van der Waals surface area (Å²) in [5.41, 5.74) is 0.871. The van der Waals surface area contributed by atoms with Gasteiger partial charge in [0.05, 0.1) is 15.6 Å². The maximum Gasteiger partial charge on any atom is 0.293 e. The van der Waals surface area contributed by atoms with E-state index in [1.807, 2.05) is 60.0 Å². The van der Waals surface area contributed by atoms with Crippen LogP contribution in [-0.4, -0.2) is 56.7 Å². The molecule has 4 aromatic rings. The van der Waals surface area contributed by atoms with Crippen molar-refractivity contribution in [3.63, 3.8) is 0 Å². The first-order chi connectivity index (χ1) is 15.2. The monoisotopic (exact) mass is 450 g/mol. The van der Waals surface area contributed by atoms with E-state index in [-0.39, 0.29) is 11.7 Å². The lowest BCUT2D eigenvalue weighted by molar-refractivity contribution is 0.0734. The molecule has 3 aromatic heterocycles. The molecule has 31 heavy (non-hydrogen) atoms. The Hall–Kier alpha value is -3.23. The van der Waals surface area contributed by atoms with Gasteiger partial charge in [0.1, 0.15) is 5.82 Å². The van der Waals surface area contributed by atoms with Gasteiger partial charge in [0, 0.05) is 32.4 Å². The van der Waals surface area contributed by atoms with E-state index < -0.39 is 0 Å². The third-order valence-corrected chi connectivity index (χ3v) is 6.23. The zero-order valence-corrected chi connectivity index (χ0v) is 18.1. The standard InChI is InChI=1S/C22H19ClN6OS/c23-16-8-9-19(24-15-16)27-10-12-28(13-11-27)22(30)20-25-21(18-7-4-14-31-18)29(26-20)17-5-2-1-3-6-17/h1-9,14-15H,10-13H2. The van der Waals surface area contributed by atoms with Crippen LogP contribution in [0.4, 0.5) is 5.82 Å². The quantitative estimate of drug-likeness (QED) is 0.470. The predicted molar refractivity (Wildman–Crippen MR) is 122 cm³/mol. The van der Waals surface area contributed by atoms with Crippen LogP contribution in [-0.2, 0) is 0 Å². The molecule has 156 valence electrons. The number of hydrogen-bond acceptors (Lipinski definition) is 6. The largest absolute Gasteiger partial charge is 0.353 e. The number of pyridine rings is 1. The lowest BCUT2D eigenvalue weighted by atomic mass is 10.3. The van der Waals surface area contributed by atoms with E-state index in [0.717, 1.165) is 16.4 Å². The fraction of sp³-hybridized carbons (Fsp3) is 0.182. The molecular formula is C22H19ClN6OS. The van der Waals surface area contributed by atoms with Crippen molar-refractivity contribution in [1.82, 2.24) is 24.6 Å². The van der Waals surface area contributed by atoms with E-state index in [1.165, 1.54) is 0 Å². The van der Waals surface area contributed by atoms with Crippen LogP contribution in [0, 0.1) is 0 Å². The molecule has 0 saturated carbocycles.